The normalized spacial score (nSPS) is 10.0. The van der Waals surface area contributed by atoms with Gasteiger partial charge in [-0.1, -0.05) is 28.9 Å². The molecule has 0 bridgehead atoms. The molecule has 6 heteroatoms. The van der Waals surface area contributed by atoms with Crippen LogP contribution in [-0.2, 0) is 9.59 Å². The van der Waals surface area contributed by atoms with Gasteiger partial charge >= 0.3 is 0 Å². The molecule has 0 aliphatic rings. The van der Waals surface area contributed by atoms with Crippen molar-refractivity contribution in [3.05, 3.63) is 53.0 Å². The number of carbonyl (C=O) groups is 2. The molecule has 2 rings (SSSR count). The molecule has 2 N–H and O–H groups in total. The van der Waals surface area contributed by atoms with Gasteiger partial charge in [0, 0.05) is 22.3 Å². The summed E-state index contributed by atoms with van der Waals surface area (Å²) < 4.78 is 6.35. The molecule has 23 heavy (non-hydrogen) atoms. The zero-order chi connectivity index (χ0) is 16.7. The quantitative estimate of drug-likeness (QED) is 0.805. The molecule has 0 radical (unpaired) electrons. The summed E-state index contributed by atoms with van der Waals surface area (Å²) in [6, 6.07) is 14.2. The molecule has 120 valence electrons. The number of rotatable bonds is 6. The van der Waals surface area contributed by atoms with Crippen molar-refractivity contribution < 1.29 is 14.3 Å². The highest BCUT2D eigenvalue weighted by atomic mass is 79.9. The second-order valence-corrected chi connectivity index (χ2v) is 5.69. The van der Waals surface area contributed by atoms with Crippen molar-refractivity contribution in [2.24, 2.45) is 0 Å². The van der Waals surface area contributed by atoms with E-state index in [1.54, 1.807) is 43.3 Å². The average molecular weight is 377 g/mol. The minimum atomic E-state index is -0.271. The van der Waals surface area contributed by atoms with Crippen LogP contribution >= 0.6 is 15.9 Å². The van der Waals surface area contributed by atoms with Crippen LogP contribution in [0.4, 0.5) is 11.4 Å². The molecule has 0 fully saturated rings. The number of halogens is 1. The van der Waals surface area contributed by atoms with Gasteiger partial charge < -0.3 is 15.4 Å². The fourth-order valence-corrected chi connectivity index (χ4v) is 2.07. The van der Waals surface area contributed by atoms with Gasteiger partial charge in [0.1, 0.15) is 5.75 Å². The maximum atomic E-state index is 11.9. The number of anilines is 2. The highest BCUT2D eigenvalue weighted by Gasteiger charge is 2.05. The van der Waals surface area contributed by atoms with Crippen LogP contribution in [0.2, 0.25) is 0 Å². The topological polar surface area (TPSA) is 67.4 Å². The van der Waals surface area contributed by atoms with Gasteiger partial charge in [-0.25, -0.2) is 0 Å². The molecule has 0 saturated carbocycles. The lowest BCUT2D eigenvalue weighted by molar-refractivity contribution is -0.118. The van der Waals surface area contributed by atoms with Gasteiger partial charge in [0.05, 0.1) is 0 Å². The monoisotopic (exact) mass is 376 g/mol. The zero-order valence-electron chi connectivity index (χ0n) is 12.6. The summed E-state index contributed by atoms with van der Waals surface area (Å²) in [6.45, 7) is 1.69. The Morgan fingerprint density at radius 3 is 2.22 bits per heavy atom. The first-order valence-corrected chi connectivity index (χ1v) is 7.94. The van der Waals surface area contributed by atoms with Gasteiger partial charge in [0.15, 0.2) is 6.61 Å². The highest BCUT2D eigenvalue weighted by molar-refractivity contribution is 9.10. The Balaban J connectivity index is 1.88. The van der Waals surface area contributed by atoms with E-state index in [1.165, 1.54) is 0 Å². The van der Waals surface area contributed by atoms with E-state index in [0.717, 1.165) is 4.47 Å². The number of hydrogen-bond acceptors (Lipinski definition) is 3. The number of ether oxygens (including phenoxy) is 1. The predicted molar refractivity (Wildman–Crippen MR) is 93.6 cm³/mol. The lowest BCUT2D eigenvalue weighted by Gasteiger charge is -2.09. The molecule has 2 amide bonds. The van der Waals surface area contributed by atoms with Gasteiger partial charge in [-0.2, -0.15) is 0 Å². The van der Waals surface area contributed by atoms with E-state index in [-0.39, 0.29) is 18.4 Å². The van der Waals surface area contributed by atoms with E-state index in [0.29, 0.717) is 23.5 Å². The molecular weight excluding hydrogens is 360 g/mol. The number of carbonyl (C=O) groups excluding carboxylic acids is 2. The molecule has 0 aliphatic heterocycles. The van der Waals surface area contributed by atoms with E-state index < -0.39 is 0 Å². The minimum absolute atomic E-state index is 0.0768. The second-order valence-electron chi connectivity index (χ2n) is 4.77. The molecule has 5 nitrogen and oxygen atoms in total. The number of amides is 2. The van der Waals surface area contributed by atoms with Crippen LogP contribution in [0.15, 0.2) is 53.0 Å². The summed E-state index contributed by atoms with van der Waals surface area (Å²) in [7, 11) is 0. The number of nitrogens with one attached hydrogen (secondary N) is 2. The molecule has 2 aromatic carbocycles. The SMILES string of the molecule is CCC(=O)Nc1cccc(NC(=O)COc2ccc(Br)cc2)c1. The summed E-state index contributed by atoms with van der Waals surface area (Å²) in [5, 5.41) is 5.47. The van der Waals surface area contributed by atoms with Crippen molar-refractivity contribution in [1.82, 2.24) is 0 Å². The van der Waals surface area contributed by atoms with Crippen molar-refractivity contribution in [2.45, 2.75) is 13.3 Å². The highest BCUT2D eigenvalue weighted by Crippen LogP contribution is 2.17. The Bertz CT molecular complexity index is 686. The van der Waals surface area contributed by atoms with Gasteiger partial charge in [0.25, 0.3) is 5.91 Å². The third-order valence-electron chi connectivity index (χ3n) is 2.93. The number of hydrogen-bond donors (Lipinski definition) is 2. The third kappa shape index (κ3) is 5.75. The molecule has 0 spiro atoms. The van der Waals surface area contributed by atoms with Crippen LogP contribution < -0.4 is 15.4 Å². The van der Waals surface area contributed by atoms with Crippen molar-refractivity contribution in [2.75, 3.05) is 17.2 Å². The minimum Gasteiger partial charge on any atom is -0.484 e. The van der Waals surface area contributed by atoms with Crippen molar-refractivity contribution in [3.8, 4) is 5.75 Å². The molecule has 2 aromatic rings. The van der Waals surface area contributed by atoms with E-state index in [4.69, 9.17) is 4.74 Å². The van der Waals surface area contributed by atoms with Crippen molar-refractivity contribution in [3.63, 3.8) is 0 Å². The van der Waals surface area contributed by atoms with Gasteiger partial charge in [-0.15, -0.1) is 0 Å². The Morgan fingerprint density at radius 2 is 1.61 bits per heavy atom. The van der Waals surface area contributed by atoms with E-state index in [9.17, 15) is 9.59 Å². The molecule has 0 heterocycles. The smallest absolute Gasteiger partial charge is 0.262 e. The number of benzene rings is 2. The van der Waals surface area contributed by atoms with Crippen LogP contribution in [0.25, 0.3) is 0 Å². The van der Waals surface area contributed by atoms with Crippen LogP contribution in [0.1, 0.15) is 13.3 Å². The lowest BCUT2D eigenvalue weighted by atomic mass is 10.2. The summed E-state index contributed by atoms with van der Waals surface area (Å²) in [4.78, 5) is 23.3. The van der Waals surface area contributed by atoms with Crippen molar-refractivity contribution in [1.29, 1.82) is 0 Å². The summed E-state index contributed by atoms with van der Waals surface area (Å²) >= 11 is 3.33. The Kier molecular flexibility index (Phi) is 6.17. The first-order chi connectivity index (χ1) is 11.1. The standard InChI is InChI=1S/C17H17BrN2O3/c1-2-16(21)19-13-4-3-5-14(10-13)20-17(22)11-23-15-8-6-12(18)7-9-15/h3-10H,2,11H2,1H3,(H,19,21)(H,20,22). The molecule has 0 aromatic heterocycles. The van der Waals surface area contributed by atoms with E-state index in [2.05, 4.69) is 26.6 Å². The van der Waals surface area contributed by atoms with Gasteiger partial charge in [-0.3, -0.25) is 9.59 Å². The maximum absolute atomic E-state index is 11.9. The Labute approximate surface area is 143 Å². The van der Waals surface area contributed by atoms with E-state index in [1.807, 2.05) is 12.1 Å². The van der Waals surface area contributed by atoms with Crippen LogP contribution in [-0.4, -0.2) is 18.4 Å². The molecule has 0 aliphatic carbocycles. The van der Waals surface area contributed by atoms with Crippen molar-refractivity contribution >= 4 is 39.1 Å². The molecular formula is C17H17BrN2O3. The van der Waals surface area contributed by atoms with Gasteiger partial charge in [-0.05, 0) is 42.5 Å². The Morgan fingerprint density at radius 1 is 1.00 bits per heavy atom. The molecule has 0 atom stereocenters. The zero-order valence-corrected chi connectivity index (χ0v) is 14.2. The first-order valence-electron chi connectivity index (χ1n) is 7.15. The summed E-state index contributed by atoms with van der Waals surface area (Å²) in [5.74, 6) is 0.270. The third-order valence-corrected chi connectivity index (χ3v) is 3.46. The van der Waals surface area contributed by atoms with Crippen LogP contribution in [0.5, 0.6) is 5.75 Å². The summed E-state index contributed by atoms with van der Waals surface area (Å²) in [6.07, 6.45) is 0.400. The second kappa shape index (κ2) is 8.33. The first kappa shape index (κ1) is 17.0. The lowest BCUT2D eigenvalue weighted by Crippen LogP contribution is -2.20. The maximum Gasteiger partial charge on any atom is 0.262 e. The van der Waals surface area contributed by atoms with Crippen LogP contribution in [0, 0.1) is 0 Å². The Hall–Kier alpha value is -2.34. The molecule has 0 saturated heterocycles. The predicted octanol–water partition coefficient (Wildman–Crippen LogP) is 3.82. The van der Waals surface area contributed by atoms with E-state index >= 15 is 0 Å². The summed E-state index contributed by atoms with van der Waals surface area (Å²) in [5.41, 5.74) is 1.24. The molecule has 0 unspecified atom stereocenters. The fraction of sp³-hybridized carbons (Fsp3) is 0.176. The van der Waals surface area contributed by atoms with Gasteiger partial charge in [0.2, 0.25) is 5.91 Å². The van der Waals surface area contributed by atoms with Crippen LogP contribution in [0.3, 0.4) is 0 Å². The average Bonchev–Trinajstić information content (AvgIpc) is 2.54. The largest absolute Gasteiger partial charge is 0.484 e. The fourth-order valence-electron chi connectivity index (χ4n) is 1.80.